The van der Waals surface area contributed by atoms with Crippen LogP contribution in [0.1, 0.15) is 74.0 Å². The second kappa shape index (κ2) is 11.9. The van der Waals surface area contributed by atoms with E-state index in [2.05, 4.69) is 75.9 Å². The molecule has 4 aromatic rings. The quantitative estimate of drug-likeness (QED) is 0.215. The van der Waals surface area contributed by atoms with E-state index < -0.39 is 0 Å². The summed E-state index contributed by atoms with van der Waals surface area (Å²) in [5, 5.41) is 0. The number of nitrogens with zero attached hydrogens (tertiary/aromatic N) is 4. The number of benzene rings is 3. The smallest absolute Gasteiger partial charge is 0.327 e. The second-order valence-electron chi connectivity index (χ2n) is 13.0. The molecule has 0 N–H and O–H groups in total. The first-order valence-corrected chi connectivity index (χ1v) is 16.2. The molecule has 0 radical (unpaired) electrons. The summed E-state index contributed by atoms with van der Waals surface area (Å²) >= 11 is 0. The summed E-state index contributed by atoms with van der Waals surface area (Å²) in [5.41, 5.74) is 4.98. The topological polar surface area (TPSA) is 50.6 Å². The van der Waals surface area contributed by atoms with Crippen LogP contribution in [0, 0.1) is 6.92 Å². The van der Waals surface area contributed by atoms with Crippen molar-refractivity contribution in [2.45, 2.75) is 81.5 Å². The van der Waals surface area contributed by atoms with Gasteiger partial charge in [0.1, 0.15) is 11.9 Å². The number of para-hydroxylation sites is 2. The van der Waals surface area contributed by atoms with Crippen molar-refractivity contribution >= 4 is 17.0 Å². The van der Waals surface area contributed by atoms with Crippen molar-refractivity contribution < 1.29 is 9.53 Å². The van der Waals surface area contributed by atoms with Crippen LogP contribution in [-0.2, 0) is 14.9 Å². The molecule has 224 valence electrons. The molecular formula is C37H44N4O2. The zero-order valence-electron chi connectivity index (χ0n) is 25.6. The van der Waals surface area contributed by atoms with Gasteiger partial charge in [-0.05, 0) is 87.1 Å². The maximum Gasteiger partial charge on any atom is 0.327 e. The molecule has 7 rings (SSSR count). The van der Waals surface area contributed by atoms with E-state index in [0.717, 1.165) is 55.8 Å². The maximum absolute atomic E-state index is 13.0. The fourth-order valence-corrected chi connectivity index (χ4v) is 8.72. The van der Waals surface area contributed by atoms with Crippen LogP contribution in [0.5, 0.6) is 0 Å². The molecule has 0 amide bonds. The average Bonchev–Trinajstić information content (AvgIpc) is 3.51. The Morgan fingerprint density at radius 1 is 0.884 bits per heavy atom. The van der Waals surface area contributed by atoms with Crippen LogP contribution < -0.4 is 0 Å². The van der Waals surface area contributed by atoms with E-state index in [1.54, 1.807) is 0 Å². The fraction of sp³-hybridized carbons (Fsp3) is 0.459. The van der Waals surface area contributed by atoms with Gasteiger partial charge in [-0.1, -0.05) is 72.8 Å². The Morgan fingerprint density at radius 3 is 2.19 bits per heavy atom. The van der Waals surface area contributed by atoms with Crippen molar-refractivity contribution in [1.82, 2.24) is 19.4 Å². The summed E-state index contributed by atoms with van der Waals surface area (Å²) in [6, 6.07) is 31.4. The molecule has 0 spiro atoms. The molecular weight excluding hydrogens is 532 g/mol. The number of methoxy groups -OCH3 is 1. The van der Waals surface area contributed by atoms with Gasteiger partial charge in [-0.25, -0.2) is 9.78 Å². The standard InChI is InChI=1S/C37H44N4O2/c1-27-38-33-15-9-10-16-34(33)41(27)32-25-30-17-18-31(26-32)40(30)24-21-37(29-13-7-4-8-14-29)19-22-39(23-20-37)35(36(42)43-2)28-11-5-3-6-12-28/h3-16,30-32,35H,17-26H2,1-2H3/t30-,31+,32?,35?. The summed E-state index contributed by atoms with van der Waals surface area (Å²) in [6.07, 6.45) is 8.27. The van der Waals surface area contributed by atoms with Gasteiger partial charge in [-0.2, -0.15) is 0 Å². The lowest BCUT2D eigenvalue weighted by Crippen LogP contribution is -2.49. The minimum absolute atomic E-state index is 0.114. The Morgan fingerprint density at radius 2 is 1.51 bits per heavy atom. The summed E-state index contributed by atoms with van der Waals surface area (Å²) in [5.74, 6) is 0.980. The molecule has 1 aromatic heterocycles. The molecule has 6 nitrogen and oxygen atoms in total. The van der Waals surface area contributed by atoms with Crippen LogP contribution >= 0.6 is 0 Å². The number of piperidine rings is 2. The minimum Gasteiger partial charge on any atom is -0.468 e. The Kier molecular flexibility index (Phi) is 7.83. The molecule has 0 aliphatic carbocycles. The Bertz CT molecular complexity index is 1530. The SMILES string of the molecule is COC(=O)C(c1ccccc1)N1CCC(CCN2[C@@H]3CC[C@H]2CC(n2c(C)nc4ccccc42)C3)(c2ccccc2)CC1. The summed E-state index contributed by atoms with van der Waals surface area (Å²) in [7, 11) is 1.50. The number of carbonyl (C=O) groups is 1. The van der Waals surface area contributed by atoms with Gasteiger partial charge in [0.05, 0.1) is 18.1 Å². The summed E-state index contributed by atoms with van der Waals surface area (Å²) < 4.78 is 7.82. The van der Waals surface area contributed by atoms with Crippen molar-refractivity contribution in [2.75, 3.05) is 26.7 Å². The van der Waals surface area contributed by atoms with Crippen LogP contribution in [-0.4, -0.2) is 64.1 Å². The number of rotatable bonds is 8. The van der Waals surface area contributed by atoms with Gasteiger partial charge in [-0.15, -0.1) is 0 Å². The van der Waals surface area contributed by atoms with Gasteiger partial charge in [0.15, 0.2) is 0 Å². The van der Waals surface area contributed by atoms with E-state index in [-0.39, 0.29) is 17.4 Å². The number of carbonyl (C=O) groups excluding carboxylic acids is 1. The van der Waals surface area contributed by atoms with Crippen molar-refractivity contribution in [1.29, 1.82) is 0 Å². The fourth-order valence-electron chi connectivity index (χ4n) is 8.72. The third-order valence-corrected chi connectivity index (χ3v) is 10.9. The highest BCUT2D eigenvalue weighted by Gasteiger charge is 2.45. The normalized spacial score (nSPS) is 24.7. The highest BCUT2D eigenvalue weighted by molar-refractivity contribution is 5.77. The van der Waals surface area contributed by atoms with E-state index in [1.165, 1.54) is 43.9 Å². The molecule has 2 bridgehead atoms. The molecule has 0 saturated carbocycles. The van der Waals surface area contributed by atoms with Crippen molar-refractivity contribution in [2.24, 2.45) is 0 Å². The lowest BCUT2D eigenvalue weighted by Gasteiger charge is -2.46. The van der Waals surface area contributed by atoms with Crippen LogP contribution in [0.4, 0.5) is 0 Å². The first-order valence-electron chi connectivity index (χ1n) is 16.2. The molecule has 43 heavy (non-hydrogen) atoms. The number of hydrogen-bond acceptors (Lipinski definition) is 5. The van der Waals surface area contributed by atoms with E-state index in [1.807, 2.05) is 30.3 Å². The third-order valence-electron chi connectivity index (χ3n) is 10.9. The van der Waals surface area contributed by atoms with Crippen LogP contribution in [0.25, 0.3) is 11.0 Å². The van der Waals surface area contributed by atoms with Crippen molar-refractivity contribution in [3.05, 3.63) is 102 Å². The van der Waals surface area contributed by atoms with Gasteiger partial charge in [-0.3, -0.25) is 9.80 Å². The van der Waals surface area contributed by atoms with E-state index in [0.29, 0.717) is 18.1 Å². The molecule has 3 fully saturated rings. The zero-order chi connectivity index (χ0) is 29.4. The third kappa shape index (κ3) is 5.29. The number of fused-ring (bicyclic) bond motifs is 3. The summed E-state index contributed by atoms with van der Waals surface area (Å²) in [4.78, 5) is 23.1. The van der Waals surface area contributed by atoms with E-state index >= 15 is 0 Å². The number of esters is 1. The molecule has 4 heterocycles. The van der Waals surface area contributed by atoms with Gasteiger partial charge < -0.3 is 9.30 Å². The highest BCUT2D eigenvalue weighted by atomic mass is 16.5. The van der Waals surface area contributed by atoms with Crippen LogP contribution in [0.2, 0.25) is 0 Å². The lowest BCUT2D eigenvalue weighted by atomic mass is 9.70. The molecule has 4 atom stereocenters. The van der Waals surface area contributed by atoms with Crippen molar-refractivity contribution in [3.8, 4) is 0 Å². The first-order chi connectivity index (χ1) is 21.1. The first kappa shape index (κ1) is 28.3. The minimum atomic E-state index is -0.349. The summed E-state index contributed by atoms with van der Waals surface area (Å²) in [6.45, 7) is 5.07. The largest absolute Gasteiger partial charge is 0.468 e. The Labute approximate surface area is 255 Å². The number of likely N-dealkylation sites (tertiary alicyclic amines) is 1. The molecule has 3 aromatic carbocycles. The number of hydrogen-bond donors (Lipinski definition) is 0. The number of ether oxygens (including phenoxy) is 1. The monoisotopic (exact) mass is 576 g/mol. The van der Waals surface area contributed by atoms with E-state index in [4.69, 9.17) is 9.72 Å². The Balaban J connectivity index is 1.08. The maximum atomic E-state index is 13.0. The van der Waals surface area contributed by atoms with Crippen molar-refractivity contribution in [3.63, 3.8) is 0 Å². The Hall–Kier alpha value is -3.48. The predicted octanol–water partition coefficient (Wildman–Crippen LogP) is 6.85. The van der Waals surface area contributed by atoms with Gasteiger partial charge in [0, 0.05) is 31.2 Å². The zero-order valence-corrected chi connectivity index (χ0v) is 25.6. The van der Waals surface area contributed by atoms with Gasteiger partial charge in [0.25, 0.3) is 0 Å². The van der Waals surface area contributed by atoms with Gasteiger partial charge in [0.2, 0.25) is 0 Å². The average molecular weight is 577 g/mol. The van der Waals surface area contributed by atoms with Crippen LogP contribution in [0.15, 0.2) is 84.9 Å². The predicted molar refractivity (Wildman–Crippen MR) is 171 cm³/mol. The van der Waals surface area contributed by atoms with E-state index in [9.17, 15) is 4.79 Å². The number of aryl methyl sites for hydroxylation is 1. The molecule has 3 saturated heterocycles. The second-order valence-corrected chi connectivity index (χ2v) is 13.0. The highest BCUT2D eigenvalue weighted by Crippen LogP contribution is 2.45. The van der Waals surface area contributed by atoms with Gasteiger partial charge >= 0.3 is 5.97 Å². The molecule has 3 aliphatic rings. The molecule has 2 unspecified atom stereocenters. The number of imidazole rings is 1. The molecule has 3 aliphatic heterocycles. The van der Waals surface area contributed by atoms with Crippen LogP contribution in [0.3, 0.4) is 0 Å². The number of aromatic nitrogens is 2. The molecule has 6 heteroatoms. The lowest BCUT2D eigenvalue weighted by molar-refractivity contribution is -0.148.